The Morgan fingerprint density at radius 2 is 2.00 bits per heavy atom. The second-order valence-corrected chi connectivity index (χ2v) is 5.60. The van der Waals surface area contributed by atoms with Crippen molar-refractivity contribution >= 4 is 0 Å². The molecule has 1 atom stereocenters. The van der Waals surface area contributed by atoms with Crippen molar-refractivity contribution in [2.75, 3.05) is 0 Å². The first-order valence-electron chi connectivity index (χ1n) is 6.99. The Bertz CT molecular complexity index is 573. The van der Waals surface area contributed by atoms with Gasteiger partial charge in [0.1, 0.15) is 0 Å². The van der Waals surface area contributed by atoms with Gasteiger partial charge >= 0.3 is 0 Å². The predicted octanol–water partition coefficient (Wildman–Crippen LogP) is 2.13. The van der Waals surface area contributed by atoms with Crippen LogP contribution in [0.5, 0.6) is 0 Å². The zero-order valence-electron chi connectivity index (χ0n) is 12.0. The lowest BCUT2D eigenvalue weighted by Crippen LogP contribution is -2.26. The Kier molecular flexibility index (Phi) is 3.52. The van der Waals surface area contributed by atoms with Crippen LogP contribution in [0.3, 0.4) is 0 Å². The number of hydrogen-bond acceptors (Lipinski definition) is 7. The molecule has 1 aliphatic rings. The Labute approximate surface area is 117 Å². The summed E-state index contributed by atoms with van der Waals surface area (Å²) in [6, 6.07) is -0.0118. The van der Waals surface area contributed by atoms with E-state index in [1.54, 1.807) is 6.92 Å². The summed E-state index contributed by atoms with van der Waals surface area (Å²) in [6.07, 6.45) is 2.33. The minimum absolute atomic E-state index is 0.0118. The first kappa shape index (κ1) is 13.2. The summed E-state index contributed by atoms with van der Waals surface area (Å²) < 4.78 is 10.5. The average Bonchev–Trinajstić information content (AvgIpc) is 3.00. The fourth-order valence-corrected chi connectivity index (χ4v) is 2.10. The zero-order valence-corrected chi connectivity index (χ0v) is 12.0. The standard InChI is InChI=1S/C13H19N5O2/c1-7(2)11(14-6-10-15-8(3)17-19-10)13-16-12(18-20-13)9-4-5-9/h7,9,11,14H,4-6H2,1-3H3/t11-/m0/s1. The van der Waals surface area contributed by atoms with E-state index in [9.17, 15) is 0 Å². The molecule has 0 aliphatic heterocycles. The topological polar surface area (TPSA) is 89.9 Å². The summed E-state index contributed by atoms with van der Waals surface area (Å²) >= 11 is 0. The first-order chi connectivity index (χ1) is 9.63. The maximum atomic E-state index is 5.39. The highest BCUT2D eigenvalue weighted by atomic mass is 16.5. The fourth-order valence-electron chi connectivity index (χ4n) is 2.10. The Morgan fingerprint density at radius 3 is 2.60 bits per heavy atom. The second kappa shape index (κ2) is 5.32. The number of nitrogens with one attached hydrogen (secondary N) is 1. The number of aryl methyl sites for hydroxylation is 1. The molecule has 2 heterocycles. The van der Waals surface area contributed by atoms with Crippen molar-refractivity contribution in [1.29, 1.82) is 0 Å². The van der Waals surface area contributed by atoms with Crippen LogP contribution in [0.25, 0.3) is 0 Å². The van der Waals surface area contributed by atoms with Crippen LogP contribution in [0.4, 0.5) is 0 Å². The Morgan fingerprint density at radius 1 is 1.20 bits per heavy atom. The third-order valence-electron chi connectivity index (χ3n) is 3.38. The fraction of sp³-hybridized carbons (Fsp3) is 0.692. The van der Waals surface area contributed by atoms with Gasteiger partial charge in [-0.3, -0.25) is 5.32 Å². The van der Waals surface area contributed by atoms with E-state index in [1.165, 1.54) is 12.8 Å². The minimum atomic E-state index is -0.0118. The molecule has 7 heteroatoms. The van der Waals surface area contributed by atoms with Gasteiger partial charge in [-0.05, 0) is 25.7 Å². The third-order valence-corrected chi connectivity index (χ3v) is 3.38. The molecule has 0 spiro atoms. The molecule has 0 saturated heterocycles. The molecule has 108 valence electrons. The van der Waals surface area contributed by atoms with Gasteiger partial charge in [-0.2, -0.15) is 9.97 Å². The molecule has 0 bridgehead atoms. The van der Waals surface area contributed by atoms with Crippen LogP contribution in [0.1, 0.15) is 62.1 Å². The molecule has 0 amide bonds. The van der Waals surface area contributed by atoms with Crippen molar-refractivity contribution in [2.45, 2.75) is 52.1 Å². The van der Waals surface area contributed by atoms with E-state index < -0.39 is 0 Å². The van der Waals surface area contributed by atoms with E-state index >= 15 is 0 Å². The van der Waals surface area contributed by atoms with Crippen molar-refractivity contribution in [3.05, 3.63) is 23.4 Å². The van der Waals surface area contributed by atoms with Gasteiger partial charge in [0.2, 0.25) is 11.8 Å². The normalized spacial score (nSPS) is 16.8. The molecule has 0 radical (unpaired) electrons. The molecule has 1 fully saturated rings. The quantitative estimate of drug-likeness (QED) is 0.864. The molecule has 7 nitrogen and oxygen atoms in total. The van der Waals surface area contributed by atoms with E-state index in [2.05, 4.69) is 39.4 Å². The van der Waals surface area contributed by atoms with Crippen molar-refractivity contribution in [1.82, 2.24) is 25.6 Å². The molecule has 20 heavy (non-hydrogen) atoms. The molecule has 2 aromatic rings. The van der Waals surface area contributed by atoms with Crippen molar-refractivity contribution in [3.8, 4) is 0 Å². The monoisotopic (exact) mass is 277 g/mol. The summed E-state index contributed by atoms with van der Waals surface area (Å²) in [6.45, 7) is 6.51. The Hall–Kier alpha value is -1.76. The lowest BCUT2D eigenvalue weighted by Gasteiger charge is -2.17. The number of rotatable bonds is 6. The highest BCUT2D eigenvalue weighted by Crippen LogP contribution is 2.38. The smallest absolute Gasteiger partial charge is 0.244 e. The first-order valence-corrected chi connectivity index (χ1v) is 6.99. The van der Waals surface area contributed by atoms with E-state index in [1.807, 2.05) is 0 Å². The van der Waals surface area contributed by atoms with Crippen LogP contribution in [-0.2, 0) is 6.54 Å². The Balaban J connectivity index is 1.67. The number of nitrogens with zero attached hydrogens (tertiary/aromatic N) is 4. The van der Waals surface area contributed by atoms with Gasteiger partial charge in [0.25, 0.3) is 0 Å². The summed E-state index contributed by atoms with van der Waals surface area (Å²) in [5.41, 5.74) is 0. The van der Waals surface area contributed by atoms with Crippen LogP contribution in [0.15, 0.2) is 9.05 Å². The highest BCUT2D eigenvalue weighted by Gasteiger charge is 2.31. The molecule has 2 aromatic heterocycles. The molecular weight excluding hydrogens is 258 g/mol. The SMILES string of the molecule is Cc1noc(CN[C@H](c2nc(C3CC3)no2)C(C)C)n1. The van der Waals surface area contributed by atoms with Gasteiger partial charge in [0.05, 0.1) is 12.6 Å². The third kappa shape index (κ3) is 2.87. The molecule has 1 aliphatic carbocycles. The average molecular weight is 277 g/mol. The lowest BCUT2D eigenvalue weighted by molar-refractivity contribution is 0.273. The van der Waals surface area contributed by atoms with Gasteiger partial charge < -0.3 is 9.05 Å². The summed E-state index contributed by atoms with van der Waals surface area (Å²) in [7, 11) is 0. The van der Waals surface area contributed by atoms with E-state index in [0.717, 1.165) is 5.82 Å². The molecule has 0 unspecified atom stereocenters. The maximum absolute atomic E-state index is 5.39. The van der Waals surface area contributed by atoms with Crippen LogP contribution in [0.2, 0.25) is 0 Å². The van der Waals surface area contributed by atoms with Crippen molar-refractivity contribution in [3.63, 3.8) is 0 Å². The maximum Gasteiger partial charge on any atom is 0.244 e. The van der Waals surface area contributed by atoms with Gasteiger partial charge in [-0.25, -0.2) is 0 Å². The van der Waals surface area contributed by atoms with Crippen molar-refractivity contribution < 1.29 is 9.05 Å². The van der Waals surface area contributed by atoms with Crippen LogP contribution in [-0.4, -0.2) is 20.3 Å². The van der Waals surface area contributed by atoms with E-state index in [0.29, 0.717) is 36.0 Å². The highest BCUT2D eigenvalue weighted by molar-refractivity contribution is 5.05. The molecular formula is C13H19N5O2. The van der Waals surface area contributed by atoms with Gasteiger partial charge in [-0.15, -0.1) is 0 Å². The number of hydrogen-bond donors (Lipinski definition) is 1. The second-order valence-electron chi connectivity index (χ2n) is 5.60. The summed E-state index contributed by atoms with van der Waals surface area (Å²) in [4.78, 5) is 8.68. The largest absolute Gasteiger partial charge is 0.338 e. The molecule has 1 N–H and O–H groups in total. The van der Waals surface area contributed by atoms with Crippen molar-refractivity contribution in [2.24, 2.45) is 5.92 Å². The van der Waals surface area contributed by atoms with Gasteiger partial charge in [0, 0.05) is 5.92 Å². The molecule has 0 aromatic carbocycles. The number of aromatic nitrogens is 4. The van der Waals surface area contributed by atoms with Crippen LogP contribution < -0.4 is 5.32 Å². The summed E-state index contributed by atoms with van der Waals surface area (Å²) in [5.74, 6) is 3.50. The van der Waals surface area contributed by atoms with E-state index in [-0.39, 0.29) is 6.04 Å². The van der Waals surface area contributed by atoms with Crippen LogP contribution >= 0.6 is 0 Å². The van der Waals surface area contributed by atoms with E-state index in [4.69, 9.17) is 9.05 Å². The molecule has 1 saturated carbocycles. The molecule has 3 rings (SSSR count). The van der Waals surface area contributed by atoms with Crippen LogP contribution in [0, 0.1) is 12.8 Å². The zero-order chi connectivity index (χ0) is 14.1. The lowest BCUT2D eigenvalue weighted by atomic mass is 10.0. The van der Waals surface area contributed by atoms with Gasteiger partial charge in [-0.1, -0.05) is 24.2 Å². The van der Waals surface area contributed by atoms with Gasteiger partial charge in [0.15, 0.2) is 11.6 Å². The minimum Gasteiger partial charge on any atom is -0.338 e. The summed E-state index contributed by atoms with van der Waals surface area (Å²) in [5, 5.41) is 11.2. The predicted molar refractivity (Wildman–Crippen MR) is 69.7 cm³/mol.